The zero-order valence-corrected chi connectivity index (χ0v) is 13.1. The Bertz CT molecular complexity index is 462. The summed E-state index contributed by atoms with van der Waals surface area (Å²) in [5.74, 6) is 3.08. The monoisotopic (exact) mass is 331 g/mol. The van der Waals surface area contributed by atoms with Crippen molar-refractivity contribution in [1.82, 2.24) is 5.32 Å². The molecule has 0 unspecified atom stereocenters. The summed E-state index contributed by atoms with van der Waals surface area (Å²) < 4.78 is 18.0. The molecule has 0 bridgehead atoms. The lowest BCUT2D eigenvalue weighted by atomic mass is 10.1. The van der Waals surface area contributed by atoms with Gasteiger partial charge < -0.3 is 15.2 Å². The average Bonchev–Trinajstić information content (AvgIpc) is 2.70. The summed E-state index contributed by atoms with van der Waals surface area (Å²) in [5, 5.41) is 13.1. The number of halogens is 1. The van der Waals surface area contributed by atoms with Crippen molar-refractivity contribution in [3.8, 4) is 5.75 Å². The topological polar surface area (TPSA) is 58.6 Å². The first-order valence-electron chi connectivity index (χ1n) is 6.60. The van der Waals surface area contributed by atoms with Gasteiger partial charge in [0.2, 0.25) is 0 Å². The molecule has 1 aromatic rings. The van der Waals surface area contributed by atoms with Crippen LogP contribution in [0.2, 0.25) is 0 Å². The number of amides is 1. The van der Waals surface area contributed by atoms with E-state index < -0.39 is 5.60 Å². The summed E-state index contributed by atoms with van der Waals surface area (Å²) in [6.45, 7) is 0.0700. The van der Waals surface area contributed by atoms with Crippen LogP contribution in [0, 0.1) is 5.82 Å². The smallest absolute Gasteiger partial charge is 0.258 e. The van der Waals surface area contributed by atoms with Gasteiger partial charge in [-0.05, 0) is 24.3 Å². The minimum atomic E-state index is -0.864. The largest absolute Gasteiger partial charge is 0.484 e. The van der Waals surface area contributed by atoms with Gasteiger partial charge in [0.1, 0.15) is 11.6 Å². The van der Waals surface area contributed by atoms with E-state index in [0.717, 1.165) is 11.5 Å². The van der Waals surface area contributed by atoms with Gasteiger partial charge in [-0.2, -0.15) is 23.5 Å². The lowest BCUT2D eigenvalue weighted by Gasteiger charge is -2.25. The normalized spacial score (nSPS) is 17.8. The summed E-state index contributed by atoms with van der Waals surface area (Å²) in [6.07, 6.45) is 0. The number of hydrogen-bond acceptors (Lipinski definition) is 5. The van der Waals surface area contributed by atoms with E-state index in [0.29, 0.717) is 17.3 Å². The van der Waals surface area contributed by atoms with Crippen molar-refractivity contribution in [1.29, 1.82) is 0 Å². The van der Waals surface area contributed by atoms with Crippen LogP contribution in [0.4, 0.5) is 4.39 Å². The number of carbonyl (C=O) groups is 1. The van der Waals surface area contributed by atoms with Gasteiger partial charge in [0, 0.05) is 29.6 Å². The second-order valence-electron chi connectivity index (χ2n) is 4.85. The van der Waals surface area contributed by atoms with E-state index in [1.807, 2.05) is 0 Å². The first-order chi connectivity index (χ1) is 10.1. The second kappa shape index (κ2) is 7.91. The molecule has 1 amide bonds. The second-order valence-corrected chi connectivity index (χ2v) is 7.06. The number of aliphatic hydroxyl groups is 1. The zero-order chi connectivity index (χ0) is 15.1. The minimum absolute atomic E-state index is 0.151. The van der Waals surface area contributed by atoms with Crippen LogP contribution >= 0.6 is 23.5 Å². The van der Waals surface area contributed by atoms with Crippen molar-refractivity contribution in [2.75, 3.05) is 36.2 Å². The van der Waals surface area contributed by atoms with Crippen LogP contribution in [0.3, 0.4) is 0 Å². The lowest BCUT2D eigenvalue weighted by Crippen LogP contribution is -2.47. The van der Waals surface area contributed by atoms with Crippen LogP contribution < -0.4 is 10.1 Å². The Kier molecular flexibility index (Phi) is 6.20. The van der Waals surface area contributed by atoms with Gasteiger partial charge >= 0.3 is 0 Å². The number of thioether (sulfide) groups is 2. The highest BCUT2D eigenvalue weighted by Gasteiger charge is 2.29. The molecule has 1 aliphatic rings. The third-order valence-electron chi connectivity index (χ3n) is 2.91. The van der Waals surface area contributed by atoms with E-state index in [1.165, 1.54) is 24.3 Å². The van der Waals surface area contributed by atoms with Crippen molar-refractivity contribution in [3.05, 3.63) is 30.1 Å². The van der Waals surface area contributed by atoms with E-state index in [1.54, 1.807) is 23.5 Å². The molecule has 0 spiro atoms. The maximum absolute atomic E-state index is 12.7. The van der Waals surface area contributed by atoms with Crippen LogP contribution in [-0.2, 0) is 4.79 Å². The standard InChI is InChI=1S/C14H18FNO3S2/c15-11-1-3-12(4-2-11)19-7-13(17)16-8-14(18)9-20-5-6-21-10-14/h1-4,18H,5-10H2,(H,16,17). The van der Waals surface area contributed by atoms with Gasteiger partial charge in [0.15, 0.2) is 6.61 Å². The fourth-order valence-electron chi connectivity index (χ4n) is 1.78. The molecule has 0 atom stereocenters. The van der Waals surface area contributed by atoms with Gasteiger partial charge in [-0.25, -0.2) is 4.39 Å². The average molecular weight is 331 g/mol. The van der Waals surface area contributed by atoms with Crippen molar-refractivity contribution in [3.63, 3.8) is 0 Å². The van der Waals surface area contributed by atoms with Crippen LogP contribution in [0.15, 0.2) is 24.3 Å². The molecule has 2 N–H and O–H groups in total. The Balaban J connectivity index is 1.72. The van der Waals surface area contributed by atoms with Crippen LogP contribution in [0.1, 0.15) is 0 Å². The third-order valence-corrected chi connectivity index (χ3v) is 5.64. The molecule has 1 aromatic carbocycles. The Morgan fingerprint density at radius 1 is 1.29 bits per heavy atom. The maximum atomic E-state index is 12.7. The van der Waals surface area contributed by atoms with E-state index in [9.17, 15) is 14.3 Å². The number of hydrogen-bond donors (Lipinski definition) is 2. The fourth-order valence-corrected chi connectivity index (χ4v) is 4.31. The fraction of sp³-hybridized carbons (Fsp3) is 0.500. The number of ether oxygens (including phenoxy) is 1. The first kappa shape index (κ1) is 16.5. The Labute approximate surface area is 131 Å². The Hall–Kier alpha value is -0.920. The maximum Gasteiger partial charge on any atom is 0.258 e. The number of carbonyl (C=O) groups excluding carboxylic acids is 1. The van der Waals surface area contributed by atoms with Gasteiger partial charge in [-0.15, -0.1) is 0 Å². The molecule has 0 aliphatic carbocycles. The summed E-state index contributed by atoms with van der Waals surface area (Å²) in [7, 11) is 0. The Morgan fingerprint density at radius 3 is 2.52 bits per heavy atom. The molecule has 7 heteroatoms. The van der Waals surface area contributed by atoms with Gasteiger partial charge in [-0.1, -0.05) is 0 Å². The molecule has 1 saturated heterocycles. The number of nitrogens with one attached hydrogen (secondary N) is 1. The van der Waals surface area contributed by atoms with Crippen LogP contribution in [0.25, 0.3) is 0 Å². The molecule has 4 nitrogen and oxygen atoms in total. The SMILES string of the molecule is O=C(COc1ccc(F)cc1)NCC1(O)CSCCSC1. The van der Waals surface area contributed by atoms with E-state index in [2.05, 4.69) is 5.32 Å². The predicted molar refractivity (Wildman–Crippen MR) is 84.5 cm³/mol. The molecule has 0 aromatic heterocycles. The molecular formula is C14H18FNO3S2. The summed E-state index contributed by atoms with van der Waals surface area (Å²) in [5.41, 5.74) is -0.864. The molecule has 116 valence electrons. The highest BCUT2D eigenvalue weighted by Crippen LogP contribution is 2.24. The van der Waals surface area contributed by atoms with E-state index >= 15 is 0 Å². The first-order valence-corrected chi connectivity index (χ1v) is 8.91. The molecule has 0 radical (unpaired) electrons. The lowest BCUT2D eigenvalue weighted by molar-refractivity contribution is -0.124. The molecule has 1 fully saturated rings. The Morgan fingerprint density at radius 2 is 1.90 bits per heavy atom. The summed E-state index contributed by atoms with van der Waals surface area (Å²) in [4.78, 5) is 11.7. The molecule has 1 aliphatic heterocycles. The van der Waals surface area contributed by atoms with Crippen molar-refractivity contribution in [2.45, 2.75) is 5.60 Å². The van der Waals surface area contributed by atoms with Gasteiger partial charge in [-0.3, -0.25) is 4.79 Å². The highest BCUT2D eigenvalue weighted by atomic mass is 32.2. The summed E-state index contributed by atoms with van der Waals surface area (Å²) in [6, 6.07) is 5.48. The van der Waals surface area contributed by atoms with Crippen molar-refractivity contribution in [2.24, 2.45) is 0 Å². The van der Waals surface area contributed by atoms with Crippen LogP contribution in [0.5, 0.6) is 5.75 Å². The van der Waals surface area contributed by atoms with E-state index in [4.69, 9.17) is 4.74 Å². The third kappa shape index (κ3) is 5.76. The van der Waals surface area contributed by atoms with E-state index in [-0.39, 0.29) is 24.9 Å². The highest BCUT2D eigenvalue weighted by molar-refractivity contribution is 8.03. The zero-order valence-electron chi connectivity index (χ0n) is 11.5. The van der Waals surface area contributed by atoms with Crippen molar-refractivity contribution >= 4 is 29.4 Å². The van der Waals surface area contributed by atoms with Crippen LogP contribution in [-0.4, -0.2) is 52.8 Å². The van der Waals surface area contributed by atoms with Gasteiger partial charge in [0.25, 0.3) is 5.91 Å². The van der Waals surface area contributed by atoms with Gasteiger partial charge in [0.05, 0.1) is 5.60 Å². The molecular weight excluding hydrogens is 313 g/mol. The number of rotatable bonds is 5. The van der Waals surface area contributed by atoms with Crippen molar-refractivity contribution < 1.29 is 19.0 Å². The minimum Gasteiger partial charge on any atom is -0.484 e. The quantitative estimate of drug-likeness (QED) is 0.857. The molecule has 1 heterocycles. The molecule has 21 heavy (non-hydrogen) atoms. The molecule has 0 saturated carbocycles. The molecule has 2 rings (SSSR count). The number of benzene rings is 1. The predicted octanol–water partition coefficient (Wildman–Crippen LogP) is 1.53. The summed E-state index contributed by atoms with van der Waals surface area (Å²) >= 11 is 3.39.